The Morgan fingerprint density at radius 2 is 2.16 bits per heavy atom. The second-order valence-corrected chi connectivity index (χ2v) is 4.46. The largest absolute Gasteiger partial charge is 0.467 e. The van der Waals surface area contributed by atoms with Crippen LogP contribution in [0.5, 0.6) is 0 Å². The zero-order valence-corrected chi connectivity index (χ0v) is 10.8. The Hall–Kier alpha value is -2.13. The molecular weight excluding hydrogens is 236 g/mol. The summed E-state index contributed by atoms with van der Waals surface area (Å²) in [4.78, 5) is 4.41. The van der Waals surface area contributed by atoms with Gasteiger partial charge in [0.25, 0.3) is 0 Å². The molecule has 0 spiro atoms. The van der Waals surface area contributed by atoms with Crippen molar-refractivity contribution in [3.8, 4) is 0 Å². The van der Waals surface area contributed by atoms with E-state index in [1.54, 1.807) is 6.26 Å². The molecule has 0 aliphatic carbocycles. The van der Waals surface area contributed by atoms with E-state index in [2.05, 4.69) is 41.5 Å². The van der Waals surface area contributed by atoms with Crippen molar-refractivity contribution >= 4 is 10.9 Å². The van der Waals surface area contributed by atoms with Gasteiger partial charge in [-0.25, -0.2) is 0 Å². The Kier molecular flexibility index (Phi) is 3.29. The average molecular weight is 252 g/mol. The van der Waals surface area contributed by atoms with Crippen LogP contribution < -0.4 is 5.32 Å². The SMILES string of the molecule is CCNC(c1ccc2cccnc2c1)c1ccco1. The highest BCUT2D eigenvalue weighted by Crippen LogP contribution is 2.25. The van der Waals surface area contributed by atoms with Crippen LogP contribution >= 0.6 is 0 Å². The zero-order chi connectivity index (χ0) is 13.1. The molecule has 0 aliphatic heterocycles. The summed E-state index contributed by atoms with van der Waals surface area (Å²) in [6, 6.07) is 14.4. The van der Waals surface area contributed by atoms with Crippen LogP contribution in [0, 0.1) is 0 Å². The molecule has 0 saturated carbocycles. The molecule has 1 N–H and O–H groups in total. The predicted molar refractivity (Wildman–Crippen MR) is 76.0 cm³/mol. The predicted octanol–water partition coefficient (Wildman–Crippen LogP) is 3.53. The first-order valence-electron chi connectivity index (χ1n) is 6.50. The summed E-state index contributed by atoms with van der Waals surface area (Å²) in [7, 11) is 0. The van der Waals surface area contributed by atoms with Crippen LogP contribution in [0.3, 0.4) is 0 Å². The number of benzene rings is 1. The van der Waals surface area contributed by atoms with Crippen molar-refractivity contribution in [1.82, 2.24) is 10.3 Å². The highest BCUT2D eigenvalue weighted by Gasteiger charge is 2.15. The van der Waals surface area contributed by atoms with E-state index in [4.69, 9.17) is 4.42 Å². The lowest BCUT2D eigenvalue weighted by Crippen LogP contribution is -2.21. The fourth-order valence-corrected chi connectivity index (χ4v) is 2.31. The standard InChI is InChI=1S/C16H16N2O/c1-2-17-16(15-6-4-10-19-15)13-8-7-12-5-3-9-18-14(12)11-13/h3-11,16-17H,2H2,1H3. The molecule has 0 aliphatic rings. The first kappa shape index (κ1) is 11.9. The van der Waals surface area contributed by atoms with E-state index in [1.807, 2.05) is 24.4 Å². The average Bonchev–Trinajstić information content (AvgIpc) is 2.98. The quantitative estimate of drug-likeness (QED) is 0.772. The van der Waals surface area contributed by atoms with E-state index in [-0.39, 0.29) is 6.04 Å². The lowest BCUT2D eigenvalue weighted by atomic mass is 10.0. The number of rotatable bonds is 4. The summed E-state index contributed by atoms with van der Waals surface area (Å²) in [5.41, 5.74) is 2.18. The molecule has 0 fully saturated rings. The summed E-state index contributed by atoms with van der Waals surface area (Å²) >= 11 is 0. The van der Waals surface area contributed by atoms with Gasteiger partial charge >= 0.3 is 0 Å². The highest BCUT2D eigenvalue weighted by molar-refractivity contribution is 5.79. The second kappa shape index (κ2) is 5.24. The van der Waals surface area contributed by atoms with Crippen LogP contribution in [0.2, 0.25) is 0 Å². The van der Waals surface area contributed by atoms with Crippen molar-refractivity contribution in [2.45, 2.75) is 13.0 Å². The van der Waals surface area contributed by atoms with Crippen molar-refractivity contribution < 1.29 is 4.42 Å². The maximum atomic E-state index is 5.53. The second-order valence-electron chi connectivity index (χ2n) is 4.46. The molecule has 2 heterocycles. The van der Waals surface area contributed by atoms with Gasteiger partial charge in [-0.1, -0.05) is 25.1 Å². The molecule has 1 aromatic carbocycles. The number of pyridine rings is 1. The van der Waals surface area contributed by atoms with E-state index in [1.165, 1.54) is 5.56 Å². The number of nitrogens with one attached hydrogen (secondary N) is 1. The maximum absolute atomic E-state index is 5.53. The van der Waals surface area contributed by atoms with Gasteiger partial charge in [0.05, 0.1) is 17.8 Å². The van der Waals surface area contributed by atoms with Crippen molar-refractivity contribution in [1.29, 1.82) is 0 Å². The maximum Gasteiger partial charge on any atom is 0.125 e. The summed E-state index contributed by atoms with van der Waals surface area (Å²) in [6.07, 6.45) is 3.53. The monoisotopic (exact) mass is 252 g/mol. The number of aromatic nitrogens is 1. The third-order valence-corrected chi connectivity index (χ3v) is 3.20. The van der Waals surface area contributed by atoms with Crippen LogP contribution in [0.4, 0.5) is 0 Å². The third-order valence-electron chi connectivity index (χ3n) is 3.20. The van der Waals surface area contributed by atoms with Crippen LogP contribution in [-0.2, 0) is 0 Å². The Morgan fingerprint density at radius 1 is 1.21 bits per heavy atom. The molecule has 0 amide bonds. The van der Waals surface area contributed by atoms with Gasteiger partial charge in [-0.2, -0.15) is 0 Å². The highest BCUT2D eigenvalue weighted by atomic mass is 16.3. The molecule has 3 nitrogen and oxygen atoms in total. The molecule has 19 heavy (non-hydrogen) atoms. The van der Waals surface area contributed by atoms with Gasteiger partial charge in [0, 0.05) is 11.6 Å². The van der Waals surface area contributed by atoms with Crippen LogP contribution in [0.25, 0.3) is 10.9 Å². The smallest absolute Gasteiger partial charge is 0.125 e. The molecule has 0 saturated heterocycles. The van der Waals surface area contributed by atoms with E-state index >= 15 is 0 Å². The van der Waals surface area contributed by atoms with Gasteiger partial charge in [-0.15, -0.1) is 0 Å². The minimum atomic E-state index is 0.0754. The zero-order valence-electron chi connectivity index (χ0n) is 10.8. The Labute approximate surface area is 112 Å². The molecule has 3 rings (SSSR count). The first-order valence-corrected chi connectivity index (χ1v) is 6.50. The molecule has 3 heteroatoms. The molecular formula is C16H16N2O. The van der Waals surface area contributed by atoms with E-state index in [9.17, 15) is 0 Å². The van der Waals surface area contributed by atoms with Gasteiger partial charge in [0.15, 0.2) is 0 Å². The fourth-order valence-electron chi connectivity index (χ4n) is 2.31. The van der Waals surface area contributed by atoms with Crippen LogP contribution in [-0.4, -0.2) is 11.5 Å². The van der Waals surface area contributed by atoms with Crippen LogP contribution in [0.15, 0.2) is 59.3 Å². The van der Waals surface area contributed by atoms with Crippen molar-refractivity contribution in [2.75, 3.05) is 6.54 Å². The minimum absolute atomic E-state index is 0.0754. The Bertz CT molecular complexity index is 661. The number of nitrogens with zero attached hydrogens (tertiary/aromatic N) is 1. The van der Waals surface area contributed by atoms with Crippen molar-refractivity contribution in [3.05, 3.63) is 66.2 Å². The first-order chi connectivity index (χ1) is 9.38. The summed E-state index contributed by atoms with van der Waals surface area (Å²) in [5, 5.41) is 4.60. The lowest BCUT2D eigenvalue weighted by molar-refractivity contribution is 0.452. The van der Waals surface area contributed by atoms with E-state index in [0.717, 1.165) is 23.2 Å². The molecule has 3 aromatic rings. The van der Waals surface area contributed by atoms with Gasteiger partial charge in [0.1, 0.15) is 5.76 Å². The van der Waals surface area contributed by atoms with Crippen molar-refractivity contribution in [3.63, 3.8) is 0 Å². The van der Waals surface area contributed by atoms with Crippen LogP contribution in [0.1, 0.15) is 24.3 Å². The fraction of sp³-hybridized carbons (Fsp3) is 0.188. The minimum Gasteiger partial charge on any atom is -0.467 e. The molecule has 2 aromatic heterocycles. The molecule has 0 bridgehead atoms. The van der Waals surface area contributed by atoms with Gasteiger partial charge in [0.2, 0.25) is 0 Å². The lowest BCUT2D eigenvalue weighted by Gasteiger charge is -2.16. The van der Waals surface area contributed by atoms with Gasteiger partial charge in [-0.3, -0.25) is 4.98 Å². The van der Waals surface area contributed by atoms with Crippen molar-refractivity contribution in [2.24, 2.45) is 0 Å². The van der Waals surface area contributed by atoms with E-state index in [0.29, 0.717) is 0 Å². The van der Waals surface area contributed by atoms with E-state index < -0.39 is 0 Å². The normalized spacial score (nSPS) is 12.7. The molecule has 96 valence electrons. The summed E-state index contributed by atoms with van der Waals surface area (Å²) in [6.45, 7) is 2.97. The number of fused-ring (bicyclic) bond motifs is 1. The third kappa shape index (κ3) is 2.37. The topological polar surface area (TPSA) is 38.1 Å². The molecule has 1 atom stereocenters. The van der Waals surface area contributed by atoms with Gasteiger partial charge < -0.3 is 9.73 Å². The number of hydrogen-bond donors (Lipinski definition) is 1. The summed E-state index contributed by atoms with van der Waals surface area (Å²) in [5.74, 6) is 0.928. The number of hydrogen-bond acceptors (Lipinski definition) is 3. The summed E-state index contributed by atoms with van der Waals surface area (Å²) < 4.78 is 5.53. The molecule has 1 unspecified atom stereocenters. The number of furan rings is 1. The Balaban J connectivity index is 2.05. The van der Waals surface area contributed by atoms with Gasteiger partial charge in [-0.05, 0) is 36.4 Å². The molecule has 0 radical (unpaired) electrons. The Morgan fingerprint density at radius 3 is 2.95 bits per heavy atom.